The molecular formula is C54H62Cl2Zr-2. The van der Waals surface area contributed by atoms with Crippen LogP contribution in [-0.2, 0) is 45.9 Å². The first kappa shape index (κ1) is 46.7. The van der Waals surface area contributed by atoms with E-state index in [1.165, 1.54) is 116 Å². The first-order valence-corrected chi connectivity index (χ1v) is 21.4. The van der Waals surface area contributed by atoms with Crippen LogP contribution in [0.15, 0.2) is 108 Å². The third-order valence-electron chi connectivity index (χ3n) is 12.0. The van der Waals surface area contributed by atoms with E-state index in [1.807, 2.05) is 0 Å². The summed E-state index contributed by atoms with van der Waals surface area (Å²) in [5.74, 6) is 0.551. The van der Waals surface area contributed by atoms with Crippen molar-refractivity contribution in [3.8, 4) is 0 Å². The van der Waals surface area contributed by atoms with E-state index in [9.17, 15) is 0 Å². The van der Waals surface area contributed by atoms with E-state index in [0.29, 0.717) is 5.92 Å². The molecule has 0 aromatic heterocycles. The maximum Gasteiger partial charge on any atom is 0.00178 e. The summed E-state index contributed by atoms with van der Waals surface area (Å²) in [6.07, 6.45) is 10.3. The quantitative estimate of drug-likeness (QED) is 0.156. The van der Waals surface area contributed by atoms with Gasteiger partial charge in [-0.25, -0.2) is 11.1 Å². The fraction of sp³-hybridized carbons (Fsp3) is 0.370. The van der Waals surface area contributed by atoms with Gasteiger partial charge in [0.05, 0.1) is 0 Å². The van der Waals surface area contributed by atoms with Crippen molar-refractivity contribution in [3.63, 3.8) is 0 Å². The molecule has 0 nitrogen and oxygen atoms in total. The Kier molecular flexibility index (Phi) is 13.9. The van der Waals surface area contributed by atoms with Crippen LogP contribution in [0.4, 0.5) is 0 Å². The fourth-order valence-electron chi connectivity index (χ4n) is 8.66. The minimum Gasteiger partial charge on any atom is -1.00 e. The van der Waals surface area contributed by atoms with Crippen LogP contribution in [0.25, 0.3) is 32.7 Å². The molecule has 0 bridgehead atoms. The number of halogens is 2. The molecule has 0 N–H and O–H groups in total. The molecule has 0 saturated heterocycles. The minimum atomic E-state index is 0. The SMILES string of the molecule is CC(C)(C)c1ccc([C](=[Zr+2])c2ccc(C(C)(C)C)cc2)cc1.CC1=CC(C)(C)c2cc3[cH-]c4cc5c(cc4c3cc21)C(C)=CC5(C)C.CC1=[C-]C(C)C=C1C.[Cl-].[Cl-]. The Balaban J connectivity index is 0.000000207. The molecule has 0 fully saturated rings. The molecule has 1 unspecified atom stereocenters. The number of benzene rings is 4. The number of rotatable bonds is 2. The van der Waals surface area contributed by atoms with E-state index < -0.39 is 0 Å². The molecule has 3 heteroatoms. The molecular weight excluding hydrogens is 811 g/mol. The summed E-state index contributed by atoms with van der Waals surface area (Å²) < 4.78 is 1.42. The van der Waals surface area contributed by atoms with Crippen molar-refractivity contribution < 1.29 is 49.0 Å². The number of fused-ring (bicyclic) bond motifs is 5. The molecule has 0 saturated carbocycles. The van der Waals surface area contributed by atoms with Crippen molar-refractivity contribution in [2.75, 3.05) is 0 Å². The molecule has 298 valence electrons. The first-order valence-electron chi connectivity index (χ1n) is 20.2. The van der Waals surface area contributed by atoms with Crippen LogP contribution in [-0.4, -0.2) is 3.21 Å². The van der Waals surface area contributed by atoms with Crippen LogP contribution in [0, 0.1) is 12.0 Å². The molecule has 0 radical (unpaired) electrons. The van der Waals surface area contributed by atoms with Gasteiger partial charge in [-0.2, -0.15) is 6.08 Å². The number of allylic oxidation sites excluding steroid dienone is 8. The first-order chi connectivity index (χ1) is 25.5. The van der Waals surface area contributed by atoms with E-state index in [1.54, 1.807) is 0 Å². The zero-order chi connectivity index (χ0) is 40.4. The van der Waals surface area contributed by atoms with Crippen molar-refractivity contribution in [1.29, 1.82) is 0 Å². The van der Waals surface area contributed by atoms with Crippen LogP contribution < -0.4 is 24.8 Å². The van der Waals surface area contributed by atoms with Crippen molar-refractivity contribution >= 4 is 35.9 Å². The average molecular weight is 873 g/mol. The normalized spacial score (nSPS) is 17.4. The van der Waals surface area contributed by atoms with Gasteiger partial charge in [-0.3, -0.25) is 6.08 Å². The molecule has 0 amide bonds. The Morgan fingerprint density at radius 1 is 0.596 bits per heavy atom. The molecule has 8 rings (SSSR count). The zero-order valence-electron chi connectivity index (χ0n) is 37.1. The van der Waals surface area contributed by atoms with Gasteiger partial charge in [0.15, 0.2) is 0 Å². The molecule has 3 aliphatic rings. The Morgan fingerprint density at radius 3 is 1.25 bits per heavy atom. The molecule has 1 atom stereocenters. The van der Waals surface area contributed by atoms with Crippen LogP contribution in [0.1, 0.15) is 148 Å². The summed E-state index contributed by atoms with van der Waals surface area (Å²) in [5.41, 5.74) is 17.5. The summed E-state index contributed by atoms with van der Waals surface area (Å²) in [7, 11) is 0. The van der Waals surface area contributed by atoms with Gasteiger partial charge < -0.3 is 24.8 Å². The largest absolute Gasteiger partial charge is 1.00 e. The summed E-state index contributed by atoms with van der Waals surface area (Å²) >= 11 is 1.46. The predicted molar refractivity (Wildman–Crippen MR) is 239 cm³/mol. The Labute approximate surface area is 372 Å². The van der Waals surface area contributed by atoms with E-state index in [0.717, 1.165) is 0 Å². The third kappa shape index (κ3) is 9.75. The second-order valence-corrected chi connectivity index (χ2v) is 20.9. The molecule has 0 aliphatic heterocycles. The van der Waals surface area contributed by atoms with E-state index in [2.05, 4.69) is 207 Å². The van der Waals surface area contributed by atoms with E-state index in [4.69, 9.17) is 0 Å². The number of hydrogen-bond donors (Lipinski definition) is 0. The van der Waals surface area contributed by atoms with Gasteiger partial charge in [-0.15, -0.1) is 46.7 Å². The van der Waals surface area contributed by atoms with Crippen LogP contribution in [0.3, 0.4) is 0 Å². The topological polar surface area (TPSA) is 0 Å². The summed E-state index contributed by atoms with van der Waals surface area (Å²) in [4.78, 5) is 0. The van der Waals surface area contributed by atoms with E-state index in [-0.39, 0.29) is 46.5 Å². The maximum absolute atomic E-state index is 3.29. The van der Waals surface area contributed by atoms with Crippen LogP contribution in [0.5, 0.6) is 0 Å². The Morgan fingerprint density at radius 2 is 0.965 bits per heavy atom. The zero-order valence-corrected chi connectivity index (χ0v) is 41.0. The predicted octanol–water partition coefficient (Wildman–Crippen LogP) is 8.84. The summed E-state index contributed by atoms with van der Waals surface area (Å²) in [6, 6.07) is 30.2. The average Bonchev–Trinajstić information content (AvgIpc) is 3.75. The van der Waals surface area contributed by atoms with Gasteiger partial charge in [0.25, 0.3) is 0 Å². The summed E-state index contributed by atoms with van der Waals surface area (Å²) in [5, 5.41) is 5.57. The molecule has 3 aliphatic carbocycles. The van der Waals surface area contributed by atoms with Crippen molar-refractivity contribution in [3.05, 3.63) is 159 Å². The maximum atomic E-state index is 3.29. The molecule has 0 spiro atoms. The van der Waals surface area contributed by atoms with Crippen molar-refractivity contribution in [1.82, 2.24) is 0 Å². The Bertz CT molecular complexity index is 2250. The fourth-order valence-corrected chi connectivity index (χ4v) is 9.47. The number of hydrogen-bond acceptors (Lipinski definition) is 0. The minimum absolute atomic E-state index is 0. The molecule has 5 aromatic rings. The van der Waals surface area contributed by atoms with Crippen LogP contribution >= 0.6 is 0 Å². The van der Waals surface area contributed by atoms with Crippen molar-refractivity contribution in [2.24, 2.45) is 5.92 Å². The van der Waals surface area contributed by atoms with E-state index >= 15 is 0 Å². The van der Waals surface area contributed by atoms with Gasteiger partial charge in [-0.1, -0.05) is 82.9 Å². The second kappa shape index (κ2) is 17.0. The monoisotopic (exact) mass is 870 g/mol. The molecule has 0 heterocycles. The van der Waals surface area contributed by atoms with Gasteiger partial charge >= 0.3 is 151 Å². The van der Waals surface area contributed by atoms with Gasteiger partial charge in [0, 0.05) is 10.8 Å². The van der Waals surface area contributed by atoms with Gasteiger partial charge in [-0.05, 0) is 36.1 Å². The Hall–Kier alpha value is -2.96. The van der Waals surface area contributed by atoms with Gasteiger partial charge in [0.2, 0.25) is 0 Å². The summed E-state index contributed by atoms with van der Waals surface area (Å²) in [6.45, 7) is 33.7. The second-order valence-electron chi connectivity index (χ2n) is 19.6. The van der Waals surface area contributed by atoms with Gasteiger partial charge in [0.1, 0.15) is 0 Å². The standard InChI is InChI=1S/C25H25.C21H26.C8H11.2ClH.Zr/c1-14-12-24(3,4)22-8-16-7-17-9-23-19(15(2)13-25(23,5)6)11-21(17)20(16)10-18(14)22;1-20(2,3)18-11-7-16(8-12-18)15-17-9-13-19(14-10-17)21(4,5)6;1-6-4-7(2)8(3)5-6;;;/h7-13H,1-6H3;7-14H,1-6H3;4,6H,1-3H3;2*1H;/q-1;;-1;;;+2/p-2. The molecule has 57 heavy (non-hydrogen) atoms. The van der Waals surface area contributed by atoms with Crippen molar-refractivity contribution in [2.45, 2.75) is 126 Å². The van der Waals surface area contributed by atoms with Crippen LogP contribution in [0.2, 0.25) is 0 Å². The third-order valence-corrected chi connectivity index (χ3v) is 13.4. The molecule has 5 aromatic carbocycles. The smallest absolute Gasteiger partial charge is 0.00178 e.